The summed E-state index contributed by atoms with van der Waals surface area (Å²) in [4.78, 5) is 26.2. The third-order valence-corrected chi connectivity index (χ3v) is 6.12. The predicted octanol–water partition coefficient (Wildman–Crippen LogP) is 2.24. The molecular weight excluding hydrogens is 374 g/mol. The van der Waals surface area contributed by atoms with Crippen LogP contribution in [-0.4, -0.2) is 79.0 Å². The first-order chi connectivity index (χ1) is 14.6. The van der Waals surface area contributed by atoms with Crippen molar-refractivity contribution in [2.75, 3.05) is 58.3 Å². The summed E-state index contributed by atoms with van der Waals surface area (Å²) in [7, 11) is 4.13. The third kappa shape index (κ3) is 5.18. The van der Waals surface area contributed by atoms with Crippen molar-refractivity contribution in [1.29, 1.82) is 0 Å². The molecule has 30 heavy (non-hydrogen) atoms. The van der Waals surface area contributed by atoms with Crippen molar-refractivity contribution in [2.24, 2.45) is 0 Å². The van der Waals surface area contributed by atoms with Gasteiger partial charge in [0.15, 0.2) is 0 Å². The lowest BCUT2D eigenvalue weighted by molar-refractivity contribution is -0.131. The number of nitrogens with zero attached hydrogens (tertiary/aromatic N) is 5. The number of hydrogen-bond acceptors (Lipinski definition) is 5. The molecule has 0 spiro atoms. The van der Waals surface area contributed by atoms with Gasteiger partial charge in [-0.15, -0.1) is 0 Å². The maximum absolute atomic E-state index is 12.7. The van der Waals surface area contributed by atoms with Crippen LogP contribution in [0.5, 0.6) is 0 Å². The number of benzene rings is 1. The Hall–Kier alpha value is -2.44. The molecule has 1 aromatic carbocycles. The number of aromatic nitrogens is 1. The van der Waals surface area contributed by atoms with Crippen LogP contribution in [0.3, 0.4) is 0 Å². The zero-order valence-electron chi connectivity index (χ0n) is 18.3. The van der Waals surface area contributed by atoms with Gasteiger partial charge in [-0.25, -0.2) is 4.98 Å². The second-order valence-corrected chi connectivity index (χ2v) is 8.68. The molecule has 0 bridgehead atoms. The highest BCUT2D eigenvalue weighted by atomic mass is 16.2. The summed E-state index contributed by atoms with van der Waals surface area (Å²) in [5.41, 5.74) is 4.09. The fourth-order valence-electron chi connectivity index (χ4n) is 4.40. The minimum Gasteiger partial charge on any atom is -0.353 e. The zero-order valence-corrected chi connectivity index (χ0v) is 18.3. The van der Waals surface area contributed by atoms with E-state index in [2.05, 4.69) is 70.2 Å². The van der Waals surface area contributed by atoms with Crippen molar-refractivity contribution < 1.29 is 4.79 Å². The van der Waals surface area contributed by atoms with Crippen LogP contribution in [0.2, 0.25) is 0 Å². The van der Waals surface area contributed by atoms with E-state index in [1.165, 1.54) is 16.7 Å². The van der Waals surface area contributed by atoms with Gasteiger partial charge in [-0.1, -0.05) is 30.3 Å². The van der Waals surface area contributed by atoms with E-state index in [1.807, 2.05) is 11.1 Å². The van der Waals surface area contributed by atoms with Crippen LogP contribution in [0.15, 0.2) is 42.6 Å². The van der Waals surface area contributed by atoms with Crippen LogP contribution in [-0.2, 0) is 24.3 Å². The molecule has 0 aliphatic carbocycles. The van der Waals surface area contributed by atoms with Crippen molar-refractivity contribution in [3.05, 3.63) is 59.3 Å². The Morgan fingerprint density at radius 2 is 1.77 bits per heavy atom. The fraction of sp³-hybridized carbons (Fsp3) is 0.500. The molecule has 0 unspecified atom stereocenters. The van der Waals surface area contributed by atoms with E-state index in [4.69, 9.17) is 0 Å². The minimum absolute atomic E-state index is 0.280. The number of anilines is 1. The van der Waals surface area contributed by atoms with Gasteiger partial charge in [0.1, 0.15) is 5.82 Å². The Morgan fingerprint density at radius 1 is 1.00 bits per heavy atom. The average Bonchev–Trinajstić information content (AvgIpc) is 2.77. The highest BCUT2D eigenvalue weighted by molar-refractivity contribution is 5.76. The molecule has 0 radical (unpaired) electrons. The first-order valence-electron chi connectivity index (χ1n) is 11.0. The van der Waals surface area contributed by atoms with Gasteiger partial charge in [0.05, 0.1) is 0 Å². The molecule has 160 valence electrons. The SMILES string of the molecule is CN(C)Cc1ccc(N2CCN(C(=O)CCN3CCc4ccccc4C3)CC2)nc1. The molecular formula is C24H33N5O. The number of fused-ring (bicyclic) bond motifs is 1. The summed E-state index contributed by atoms with van der Waals surface area (Å²) in [5, 5.41) is 0. The van der Waals surface area contributed by atoms with E-state index in [0.29, 0.717) is 6.42 Å². The van der Waals surface area contributed by atoms with Gasteiger partial charge in [0.2, 0.25) is 5.91 Å². The second-order valence-electron chi connectivity index (χ2n) is 8.68. The van der Waals surface area contributed by atoms with Crippen molar-refractivity contribution in [2.45, 2.75) is 25.9 Å². The number of amides is 1. The van der Waals surface area contributed by atoms with E-state index >= 15 is 0 Å². The first kappa shape index (κ1) is 20.8. The van der Waals surface area contributed by atoms with Gasteiger partial charge >= 0.3 is 0 Å². The zero-order chi connectivity index (χ0) is 20.9. The van der Waals surface area contributed by atoms with Crippen molar-refractivity contribution in [1.82, 2.24) is 19.7 Å². The topological polar surface area (TPSA) is 42.9 Å². The summed E-state index contributed by atoms with van der Waals surface area (Å²) in [6.07, 6.45) is 3.66. The highest BCUT2D eigenvalue weighted by Crippen LogP contribution is 2.19. The Kier molecular flexibility index (Phi) is 6.65. The smallest absolute Gasteiger partial charge is 0.223 e. The number of rotatable bonds is 6. The molecule has 1 amide bonds. The molecule has 2 aliphatic rings. The van der Waals surface area contributed by atoms with Crippen molar-refractivity contribution >= 4 is 11.7 Å². The van der Waals surface area contributed by atoms with Crippen LogP contribution in [0, 0.1) is 0 Å². The van der Waals surface area contributed by atoms with Crippen LogP contribution >= 0.6 is 0 Å². The second kappa shape index (κ2) is 9.58. The summed E-state index contributed by atoms with van der Waals surface area (Å²) in [5.74, 6) is 1.29. The molecule has 1 fully saturated rings. The fourth-order valence-corrected chi connectivity index (χ4v) is 4.40. The van der Waals surface area contributed by atoms with E-state index in [0.717, 1.165) is 64.6 Å². The summed E-state index contributed by atoms with van der Waals surface area (Å²) in [6.45, 7) is 7.03. The lowest BCUT2D eigenvalue weighted by atomic mass is 10.00. The molecule has 0 atom stereocenters. The third-order valence-electron chi connectivity index (χ3n) is 6.12. The lowest BCUT2D eigenvalue weighted by Crippen LogP contribution is -2.49. The summed E-state index contributed by atoms with van der Waals surface area (Å²) in [6, 6.07) is 12.9. The number of hydrogen-bond donors (Lipinski definition) is 0. The maximum Gasteiger partial charge on any atom is 0.223 e. The quantitative estimate of drug-likeness (QED) is 0.735. The summed E-state index contributed by atoms with van der Waals surface area (Å²) < 4.78 is 0. The van der Waals surface area contributed by atoms with Crippen molar-refractivity contribution in [3.8, 4) is 0 Å². The number of carbonyl (C=O) groups is 1. The van der Waals surface area contributed by atoms with Crippen LogP contribution < -0.4 is 4.90 Å². The molecule has 0 saturated carbocycles. The number of carbonyl (C=O) groups excluding carboxylic acids is 1. The van der Waals surface area contributed by atoms with Crippen molar-refractivity contribution in [3.63, 3.8) is 0 Å². The molecule has 0 N–H and O–H groups in total. The molecule has 3 heterocycles. The molecule has 6 heteroatoms. The molecule has 1 saturated heterocycles. The van der Waals surface area contributed by atoms with Gasteiger partial charge in [0, 0.05) is 65.0 Å². The van der Waals surface area contributed by atoms with E-state index < -0.39 is 0 Å². The minimum atomic E-state index is 0.280. The van der Waals surface area contributed by atoms with Gasteiger partial charge < -0.3 is 14.7 Å². The van der Waals surface area contributed by atoms with E-state index in [-0.39, 0.29) is 5.91 Å². The Labute approximate surface area is 180 Å². The Bertz CT molecular complexity index is 843. The van der Waals surface area contributed by atoms with Crippen LogP contribution in [0.1, 0.15) is 23.1 Å². The largest absolute Gasteiger partial charge is 0.353 e. The van der Waals surface area contributed by atoms with Gasteiger partial charge in [-0.3, -0.25) is 9.69 Å². The Morgan fingerprint density at radius 3 is 2.47 bits per heavy atom. The highest BCUT2D eigenvalue weighted by Gasteiger charge is 2.23. The predicted molar refractivity (Wildman–Crippen MR) is 120 cm³/mol. The normalized spacial score (nSPS) is 17.3. The molecule has 2 aliphatic heterocycles. The van der Waals surface area contributed by atoms with E-state index in [9.17, 15) is 4.79 Å². The molecule has 4 rings (SSSR count). The monoisotopic (exact) mass is 407 g/mol. The van der Waals surface area contributed by atoms with Crippen LogP contribution in [0.25, 0.3) is 0 Å². The average molecular weight is 408 g/mol. The van der Waals surface area contributed by atoms with Crippen LogP contribution in [0.4, 0.5) is 5.82 Å². The number of piperazine rings is 1. The molecule has 1 aromatic heterocycles. The maximum atomic E-state index is 12.7. The van der Waals surface area contributed by atoms with Gasteiger partial charge in [-0.05, 0) is 43.3 Å². The summed E-state index contributed by atoms with van der Waals surface area (Å²) >= 11 is 0. The van der Waals surface area contributed by atoms with E-state index in [1.54, 1.807) is 0 Å². The molecule has 6 nitrogen and oxygen atoms in total. The molecule has 2 aromatic rings. The Balaban J connectivity index is 1.22. The van der Waals surface area contributed by atoms with Gasteiger partial charge in [0.25, 0.3) is 0 Å². The standard InChI is InChI=1S/C24H33N5O/c1-26(2)18-20-7-8-23(25-17-20)28-13-15-29(16-14-28)24(30)10-12-27-11-9-21-5-3-4-6-22(21)19-27/h3-8,17H,9-16,18-19H2,1-2H3. The number of pyridine rings is 1. The lowest BCUT2D eigenvalue weighted by Gasteiger charge is -2.36. The van der Waals surface area contributed by atoms with Gasteiger partial charge in [-0.2, -0.15) is 0 Å². The first-order valence-corrected chi connectivity index (χ1v) is 11.0.